The smallest absolute Gasteiger partial charge is 0.321 e. The molecule has 0 bridgehead atoms. The summed E-state index contributed by atoms with van der Waals surface area (Å²) in [5, 5.41) is 2.65. The summed E-state index contributed by atoms with van der Waals surface area (Å²) < 4.78 is 31.7. The summed E-state index contributed by atoms with van der Waals surface area (Å²) >= 11 is 0. The standard InChI is InChI=1S/C18H26N2O5S/c1-18(2,3)20-16(21)12-25-17(22)11-19-26(23,24)15-9-8-13-6-4-5-7-14(13)10-15/h8-10,19H,4-7,11-12H2,1-3H3,(H,20,21). The van der Waals surface area contributed by atoms with Crippen LogP contribution >= 0.6 is 0 Å². The van der Waals surface area contributed by atoms with E-state index in [1.807, 2.05) is 6.07 Å². The van der Waals surface area contributed by atoms with Gasteiger partial charge in [-0.15, -0.1) is 0 Å². The van der Waals surface area contributed by atoms with Gasteiger partial charge in [0.05, 0.1) is 4.90 Å². The lowest BCUT2D eigenvalue weighted by Gasteiger charge is -2.20. The van der Waals surface area contributed by atoms with Gasteiger partial charge in [0.1, 0.15) is 6.54 Å². The highest BCUT2D eigenvalue weighted by Gasteiger charge is 2.20. The molecular formula is C18H26N2O5S. The van der Waals surface area contributed by atoms with Gasteiger partial charge in [0.2, 0.25) is 10.0 Å². The van der Waals surface area contributed by atoms with E-state index in [-0.39, 0.29) is 4.90 Å². The molecule has 1 aromatic rings. The molecule has 1 aromatic carbocycles. The Morgan fingerprint density at radius 1 is 1.12 bits per heavy atom. The summed E-state index contributed by atoms with van der Waals surface area (Å²) in [6.07, 6.45) is 3.99. The Kier molecular flexibility index (Phi) is 6.41. The van der Waals surface area contributed by atoms with Crippen molar-refractivity contribution in [1.29, 1.82) is 0 Å². The summed E-state index contributed by atoms with van der Waals surface area (Å²) in [5.41, 5.74) is 1.79. The van der Waals surface area contributed by atoms with E-state index in [1.54, 1.807) is 32.9 Å². The molecular weight excluding hydrogens is 356 g/mol. The van der Waals surface area contributed by atoms with Crippen molar-refractivity contribution >= 4 is 21.9 Å². The van der Waals surface area contributed by atoms with E-state index >= 15 is 0 Å². The van der Waals surface area contributed by atoms with Gasteiger partial charge in [-0.2, -0.15) is 4.72 Å². The van der Waals surface area contributed by atoms with E-state index in [0.29, 0.717) is 0 Å². The largest absolute Gasteiger partial charge is 0.455 e. The van der Waals surface area contributed by atoms with Gasteiger partial charge in [0.15, 0.2) is 6.61 Å². The quantitative estimate of drug-likeness (QED) is 0.722. The number of sulfonamides is 1. The molecule has 0 fully saturated rings. The molecule has 0 saturated heterocycles. The Labute approximate surface area is 154 Å². The van der Waals surface area contributed by atoms with Crippen molar-refractivity contribution in [2.24, 2.45) is 0 Å². The number of benzene rings is 1. The lowest BCUT2D eigenvalue weighted by molar-refractivity contribution is -0.147. The second-order valence-electron chi connectivity index (χ2n) is 7.42. The predicted molar refractivity (Wildman–Crippen MR) is 97.1 cm³/mol. The van der Waals surface area contributed by atoms with Gasteiger partial charge in [0, 0.05) is 5.54 Å². The third kappa shape index (κ3) is 6.10. The Morgan fingerprint density at radius 2 is 1.77 bits per heavy atom. The van der Waals surface area contributed by atoms with Crippen molar-refractivity contribution in [2.75, 3.05) is 13.2 Å². The van der Waals surface area contributed by atoms with Gasteiger partial charge in [-0.3, -0.25) is 9.59 Å². The average molecular weight is 382 g/mol. The zero-order valence-electron chi connectivity index (χ0n) is 15.4. The van der Waals surface area contributed by atoms with E-state index in [4.69, 9.17) is 4.74 Å². The van der Waals surface area contributed by atoms with Crippen LogP contribution in [0.1, 0.15) is 44.7 Å². The van der Waals surface area contributed by atoms with Crippen molar-refractivity contribution in [3.05, 3.63) is 29.3 Å². The summed E-state index contributed by atoms with van der Waals surface area (Å²) in [5.74, 6) is -1.25. The number of esters is 1. The van der Waals surface area contributed by atoms with Crippen LogP contribution in [0.4, 0.5) is 0 Å². The summed E-state index contributed by atoms with van der Waals surface area (Å²) in [4.78, 5) is 23.4. The Hall–Kier alpha value is -1.93. The van der Waals surface area contributed by atoms with E-state index in [0.717, 1.165) is 31.2 Å². The van der Waals surface area contributed by atoms with Crippen molar-refractivity contribution in [3.8, 4) is 0 Å². The average Bonchev–Trinajstić information content (AvgIpc) is 2.56. The second kappa shape index (κ2) is 8.18. The van der Waals surface area contributed by atoms with Gasteiger partial charge in [-0.05, 0) is 69.7 Å². The van der Waals surface area contributed by atoms with Crippen molar-refractivity contribution in [2.45, 2.75) is 56.9 Å². The Bertz CT molecular complexity index is 781. The van der Waals surface area contributed by atoms with E-state index < -0.39 is 40.6 Å². The van der Waals surface area contributed by atoms with Gasteiger partial charge in [-0.25, -0.2) is 8.42 Å². The number of ether oxygens (including phenoxy) is 1. The minimum Gasteiger partial charge on any atom is -0.455 e. The van der Waals surface area contributed by atoms with Gasteiger partial charge in [0.25, 0.3) is 5.91 Å². The normalized spacial score (nSPS) is 14.4. The highest BCUT2D eigenvalue weighted by atomic mass is 32.2. The van der Waals surface area contributed by atoms with E-state index in [9.17, 15) is 18.0 Å². The number of rotatable bonds is 6. The molecule has 0 radical (unpaired) electrons. The fourth-order valence-electron chi connectivity index (χ4n) is 2.77. The van der Waals surface area contributed by atoms with Gasteiger partial charge >= 0.3 is 5.97 Å². The molecule has 7 nitrogen and oxygen atoms in total. The second-order valence-corrected chi connectivity index (χ2v) is 9.19. The molecule has 0 spiro atoms. The van der Waals surface area contributed by atoms with Gasteiger partial charge in [-0.1, -0.05) is 6.07 Å². The minimum atomic E-state index is -3.81. The molecule has 2 N–H and O–H groups in total. The molecule has 144 valence electrons. The van der Waals surface area contributed by atoms with E-state index in [1.165, 1.54) is 5.56 Å². The first-order valence-electron chi connectivity index (χ1n) is 8.65. The van der Waals surface area contributed by atoms with Crippen molar-refractivity contribution < 1.29 is 22.7 Å². The summed E-state index contributed by atoms with van der Waals surface area (Å²) in [6, 6.07) is 5.05. The zero-order chi connectivity index (χ0) is 19.4. The first kappa shape index (κ1) is 20.4. The lowest BCUT2D eigenvalue weighted by Crippen LogP contribution is -2.43. The van der Waals surface area contributed by atoms with Gasteiger partial charge < -0.3 is 10.1 Å². The van der Waals surface area contributed by atoms with Crippen LogP contribution in [0.3, 0.4) is 0 Å². The van der Waals surface area contributed by atoms with Crippen LogP contribution in [0.15, 0.2) is 23.1 Å². The van der Waals surface area contributed by atoms with Crippen molar-refractivity contribution in [3.63, 3.8) is 0 Å². The molecule has 0 aromatic heterocycles. The van der Waals surface area contributed by atoms with E-state index in [2.05, 4.69) is 10.0 Å². The molecule has 0 aliphatic heterocycles. The number of amides is 1. The maximum absolute atomic E-state index is 12.4. The molecule has 1 amide bonds. The molecule has 0 saturated carbocycles. The number of aryl methyl sites for hydroxylation is 2. The molecule has 8 heteroatoms. The maximum atomic E-state index is 12.4. The van der Waals surface area contributed by atoms with Crippen LogP contribution < -0.4 is 10.0 Å². The Balaban J connectivity index is 1.87. The molecule has 1 aliphatic rings. The first-order chi connectivity index (χ1) is 12.1. The topological polar surface area (TPSA) is 102 Å². The third-order valence-electron chi connectivity index (χ3n) is 3.92. The molecule has 2 rings (SSSR count). The molecule has 0 atom stereocenters. The van der Waals surface area contributed by atoms with Crippen LogP contribution in [0.2, 0.25) is 0 Å². The highest BCUT2D eigenvalue weighted by molar-refractivity contribution is 7.89. The molecule has 0 unspecified atom stereocenters. The van der Waals surface area contributed by atoms with Crippen LogP contribution in [0, 0.1) is 0 Å². The first-order valence-corrected chi connectivity index (χ1v) is 10.1. The van der Waals surface area contributed by atoms with Crippen LogP contribution in [0.5, 0.6) is 0 Å². The van der Waals surface area contributed by atoms with Crippen LogP contribution in [-0.4, -0.2) is 39.0 Å². The third-order valence-corrected chi connectivity index (χ3v) is 5.31. The number of nitrogens with one attached hydrogen (secondary N) is 2. The number of hydrogen-bond donors (Lipinski definition) is 2. The van der Waals surface area contributed by atoms with Crippen LogP contribution in [-0.2, 0) is 37.2 Å². The van der Waals surface area contributed by atoms with Crippen molar-refractivity contribution in [1.82, 2.24) is 10.0 Å². The zero-order valence-corrected chi connectivity index (χ0v) is 16.2. The molecule has 0 heterocycles. The lowest BCUT2D eigenvalue weighted by atomic mass is 9.92. The number of hydrogen-bond acceptors (Lipinski definition) is 5. The summed E-state index contributed by atoms with van der Waals surface area (Å²) in [7, 11) is -3.81. The monoisotopic (exact) mass is 382 g/mol. The molecule has 26 heavy (non-hydrogen) atoms. The Morgan fingerprint density at radius 3 is 2.42 bits per heavy atom. The number of carbonyl (C=O) groups is 2. The minimum absolute atomic E-state index is 0.136. The highest BCUT2D eigenvalue weighted by Crippen LogP contribution is 2.23. The maximum Gasteiger partial charge on any atom is 0.321 e. The predicted octanol–water partition coefficient (Wildman–Crippen LogP) is 1.30. The summed E-state index contributed by atoms with van der Waals surface area (Å²) in [6.45, 7) is 4.44. The molecule has 1 aliphatic carbocycles. The fourth-order valence-corrected chi connectivity index (χ4v) is 3.78. The SMILES string of the molecule is CC(C)(C)NC(=O)COC(=O)CNS(=O)(=O)c1ccc2c(c1)CCCC2. The van der Waals surface area contributed by atoms with Crippen LogP contribution in [0.25, 0.3) is 0 Å². The number of fused-ring (bicyclic) bond motifs is 1. The number of carbonyl (C=O) groups excluding carboxylic acids is 2. The fraction of sp³-hybridized carbons (Fsp3) is 0.556.